The number of nitrogens with one attached hydrogen (secondary N) is 2. The summed E-state index contributed by atoms with van der Waals surface area (Å²) in [5.74, 6) is -2.41. The van der Waals surface area contributed by atoms with Crippen molar-refractivity contribution in [1.29, 1.82) is 0 Å². The number of hydrogen-bond acceptors (Lipinski definition) is 8. The summed E-state index contributed by atoms with van der Waals surface area (Å²) in [4.78, 5) is 80.5. The molecule has 2 atom stereocenters. The molecule has 0 unspecified atom stereocenters. The van der Waals surface area contributed by atoms with Crippen molar-refractivity contribution < 1.29 is 28.8 Å². The molecule has 1 fully saturated rings. The highest BCUT2D eigenvalue weighted by Gasteiger charge is 2.31. The molecule has 5 amide bonds. The molecule has 2 rings (SSSR count). The fraction of sp³-hybridized carbons (Fsp3) is 0.515. The van der Waals surface area contributed by atoms with Gasteiger partial charge in [0.05, 0.1) is 31.8 Å². The second kappa shape index (κ2) is 19.5. The fourth-order valence-electron chi connectivity index (χ4n) is 4.89. The number of aryl methyl sites for hydroxylation is 1. The third kappa shape index (κ3) is 12.1. The normalized spacial score (nSPS) is 14.3. The van der Waals surface area contributed by atoms with Crippen LogP contribution in [0.4, 0.5) is 5.69 Å². The number of thioether (sulfide) groups is 1. The van der Waals surface area contributed by atoms with Crippen molar-refractivity contribution >= 4 is 52.8 Å². The highest BCUT2D eigenvalue weighted by atomic mass is 32.2. The molecule has 252 valence electrons. The highest BCUT2D eigenvalue weighted by Crippen LogP contribution is 2.20. The molecule has 0 aliphatic carbocycles. The number of benzene rings is 1. The molecule has 0 aromatic heterocycles. The Morgan fingerprint density at radius 1 is 0.957 bits per heavy atom. The monoisotopic (exact) mass is 656 g/mol. The van der Waals surface area contributed by atoms with Crippen LogP contribution < -0.4 is 16.4 Å². The molecule has 1 saturated heterocycles. The lowest BCUT2D eigenvalue weighted by molar-refractivity contribution is -0.154. The number of carbonyl (C=O) groups excluding carboxylic acids is 6. The zero-order valence-corrected chi connectivity index (χ0v) is 28.0. The zero-order chi connectivity index (χ0) is 34.2. The lowest BCUT2D eigenvalue weighted by atomic mass is 9.89. The van der Waals surface area contributed by atoms with Crippen LogP contribution in [0.3, 0.4) is 0 Å². The second-order valence-corrected chi connectivity index (χ2v) is 12.6. The first-order chi connectivity index (χ1) is 21.9. The molecule has 13 heteroatoms. The lowest BCUT2D eigenvalue weighted by Gasteiger charge is -2.41. The van der Waals surface area contributed by atoms with Crippen LogP contribution in [0.2, 0.25) is 0 Å². The third-order valence-corrected chi connectivity index (χ3v) is 8.54. The van der Waals surface area contributed by atoms with Gasteiger partial charge in [-0.05, 0) is 61.6 Å². The number of Topliss-reactive ketones (excluding diaryl/α,β-unsaturated/α-hetero) is 1. The van der Waals surface area contributed by atoms with Crippen molar-refractivity contribution in [3.63, 3.8) is 0 Å². The van der Waals surface area contributed by atoms with Gasteiger partial charge >= 0.3 is 0 Å². The van der Waals surface area contributed by atoms with E-state index in [2.05, 4.69) is 30.7 Å². The van der Waals surface area contributed by atoms with E-state index >= 15 is 0 Å². The maximum absolute atomic E-state index is 13.4. The van der Waals surface area contributed by atoms with Crippen LogP contribution in [0, 0.1) is 11.8 Å². The molecule has 0 radical (unpaired) electrons. The number of anilines is 1. The maximum Gasteiger partial charge on any atom is 0.248 e. The van der Waals surface area contributed by atoms with Crippen molar-refractivity contribution in [3.05, 3.63) is 55.1 Å². The van der Waals surface area contributed by atoms with Crippen molar-refractivity contribution in [2.45, 2.75) is 58.9 Å². The number of ketones is 1. The molecule has 1 heterocycles. The average molecular weight is 657 g/mol. The maximum atomic E-state index is 13.4. The van der Waals surface area contributed by atoms with Gasteiger partial charge in [0.2, 0.25) is 29.5 Å². The predicted molar refractivity (Wildman–Crippen MR) is 180 cm³/mol. The molecule has 12 nitrogen and oxygen atoms in total. The number of nitrogens with two attached hydrogens (primary N) is 1. The summed E-state index contributed by atoms with van der Waals surface area (Å²) < 4.78 is 0. The molecule has 46 heavy (non-hydrogen) atoms. The summed E-state index contributed by atoms with van der Waals surface area (Å²) in [5, 5.41) is 5.72. The summed E-state index contributed by atoms with van der Waals surface area (Å²) in [5.41, 5.74) is 7.50. The van der Waals surface area contributed by atoms with E-state index in [4.69, 9.17) is 5.73 Å². The molecule has 0 spiro atoms. The summed E-state index contributed by atoms with van der Waals surface area (Å²) in [7, 11) is 0. The van der Waals surface area contributed by atoms with Gasteiger partial charge in [-0.1, -0.05) is 46.1 Å². The molecule has 1 aromatic rings. The third-order valence-electron chi connectivity index (χ3n) is 7.58. The van der Waals surface area contributed by atoms with Gasteiger partial charge in [0, 0.05) is 30.2 Å². The molecular weight excluding hydrogens is 608 g/mol. The van der Waals surface area contributed by atoms with Crippen LogP contribution in [0.5, 0.6) is 0 Å². The molecule has 0 saturated carbocycles. The quantitative estimate of drug-likeness (QED) is 0.160. The molecule has 1 aromatic carbocycles. The Kier molecular flexibility index (Phi) is 16.2. The van der Waals surface area contributed by atoms with Crippen LogP contribution in [0.1, 0.15) is 52.0 Å². The topological polar surface area (TPSA) is 162 Å². The number of nitrogens with zero attached hydrogens (tertiary/aromatic N) is 3. The highest BCUT2D eigenvalue weighted by molar-refractivity contribution is 7.99. The molecular formula is C33H48N6O6S. The predicted octanol–water partition coefficient (Wildman–Crippen LogP) is 2.51. The van der Waals surface area contributed by atoms with Crippen LogP contribution in [-0.4, -0.2) is 94.1 Å². The van der Waals surface area contributed by atoms with E-state index < -0.39 is 23.8 Å². The zero-order valence-electron chi connectivity index (χ0n) is 27.2. The van der Waals surface area contributed by atoms with Gasteiger partial charge in [-0.15, -0.1) is 0 Å². The lowest BCUT2D eigenvalue weighted by Crippen LogP contribution is -2.59. The van der Waals surface area contributed by atoms with Gasteiger partial charge in [-0.3, -0.25) is 28.8 Å². The number of amides is 5. The van der Waals surface area contributed by atoms with Crippen molar-refractivity contribution in [3.8, 4) is 0 Å². The van der Waals surface area contributed by atoms with E-state index in [-0.39, 0.29) is 68.0 Å². The van der Waals surface area contributed by atoms with Crippen LogP contribution >= 0.6 is 11.8 Å². The summed E-state index contributed by atoms with van der Waals surface area (Å²) in [6.07, 6.45) is 4.20. The van der Waals surface area contributed by atoms with Gasteiger partial charge in [0.1, 0.15) is 0 Å². The van der Waals surface area contributed by atoms with Crippen molar-refractivity contribution in [1.82, 2.24) is 20.0 Å². The number of hydrogen-bond donors (Lipinski definition) is 3. The van der Waals surface area contributed by atoms with Gasteiger partial charge < -0.3 is 31.1 Å². The molecule has 4 N–H and O–H groups in total. The van der Waals surface area contributed by atoms with Gasteiger partial charge in [-0.25, -0.2) is 0 Å². The molecule has 1 aliphatic heterocycles. The van der Waals surface area contributed by atoms with E-state index in [1.165, 1.54) is 26.5 Å². The largest absolute Gasteiger partial charge is 0.345 e. The standard InChI is InChI=1S/C33H48N6O6S/c1-6-24-11-13-26(14-12-24)35-33(45)25(10-9-16-34)18-27(40)32(23(4)5)36-28(41)19-46-17-15-31(44)39-21-37(29(42)7-2)20-38(22-39)30(43)8-3/h7-8,11-14,23,25,32H,2-3,6,9-10,15-22,34H2,1,4-5H3,(H,35,45)(H,36,41)/t25-,32+/m1/s1. The Morgan fingerprint density at radius 2 is 1.54 bits per heavy atom. The van der Waals surface area contributed by atoms with Crippen LogP contribution in [-0.2, 0) is 35.2 Å². The Labute approximate surface area is 276 Å². The fourth-order valence-corrected chi connectivity index (χ4v) is 5.62. The SMILES string of the molecule is C=CC(=O)N1CN(C(=O)C=C)CN(C(=O)CCSCC(=O)N[C@H](C(=O)C[C@@H](CCCN)C(=O)Nc2ccc(CC)cc2)C(C)C)C1. The van der Waals surface area contributed by atoms with E-state index in [0.29, 0.717) is 30.8 Å². The first kappa shape index (κ1) is 38.2. The van der Waals surface area contributed by atoms with E-state index in [9.17, 15) is 28.8 Å². The number of carbonyl (C=O) groups is 6. The van der Waals surface area contributed by atoms with Gasteiger partial charge in [0.15, 0.2) is 5.78 Å². The van der Waals surface area contributed by atoms with E-state index in [1.54, 1.807) is 0 Å². The minimum atomic E-state index is -0.776. The molecule has 0 bridgehead atoms. The van der Waals surface area contributed by atoms with E-state index in [1.807, 2.05) is 38.1 Å². The Bertz CT molecular complexity index is 1230. The Morgan fingerprint density at radius 3 is 2.07 bits per heavy atom. The van der Waals surface area contributed by atoms with Crippen molar-refractivity contribution in [2.24, 2.45) is 17.6 Å². The van der Waals surface area contributed by atoms with E-state index in [0.717, 1.165) is 24.1 Å². The summed E-state index contributed by atoms with van der Waals surface area (Å²) in [6, 6.07) is 6.79. The Balaban J connectivity index is 1.91. The summed E-state index contributed by atoms with van der Waals surface area (Å²) in [6.45, 7) is 13.1. The minimum Gasteiger partial charge on any atom is -0.345 e. The van der Waals surface area contributed by atoms with Crippen LogP contribution in [0.15, 0.2) is 49.6 Å². The van der Waals surface area contributed by atoms with Crippen molar-refractivity contribution in [2.75, 3.05) is 43.4 Å². The second-order valence-electron chi connectivity index (χ2n) is 11.5. The van der Waals surface area contributed by atoms with Gasteiger partial charge in [-0.2, -0.15) is 11.8 Å². The number of rotatable bonds is 18. The first-order valence-corrected chi connectivity index (χ1v) is 16.7. The van der Waals surface area contributed by atoms with Crippen LogP contribution in [0.25, 0.3) is 0 Å². The molecule has 1 aliphatic rings. The average Bonchev–Trinajstić information content (AvgIpc) is 3.06. The Hall–Kier alpha value is -3.97. The van der Waals surface area contributed by atoms with Gasteiger partial charge in [0.25, 0.3) is 0 Å². The smallest absolute Gasteiger partial charge is 0.248 e. The first-order valence-electron chi connectivity index (χ1n) is 15.5. The summed E-state index contributed by atoms with van der Waals surface area (Å²) >= 11 is 1.23. The minimum absolute atomic E-state index is 0.0172.